The van der Waals surface area contributed by atoms with Crippen LogP contribution in [0.15, 0.2) is 49.8 Å². The monoisotopic (exact) mass is 559 g/mol. The van der Waals surface area contributed by atoms with Crippen molar-refractivity contribution in [3.8, 4) is 0 Å². The summed E-state index contributed by atoms with van der Waals surface area (Å²) in [5.41, 5.74) is 0.823. The lowest BCUT2D eigenvalue weighted by Crippen LogP contribution is -2.42. The number of hydrogen-bond acceptors (Lipinski definition) is 8. The molecule has 0 N–H and O–H groups in total. The van der Waals surface area contributed by atoms with Gasteiger partial charge in [-0.2, -0.15) is 21.1 Å². The highest BCUT2D eigenvalue weighted by molar-refractivity contribution is 7.98. The first-order valence-corrected chi connectivity index (χ1v) is 17.0. The van der Waals surface area contributed by atoms with Crippen LogP contribution < -0.4 is 4.80 Å². The summed E-state index contributed by atoms with van der Waals surface area (Å²) in [6, 6.07) is 8.21. The van der Waals surface area contributed by atoms with E-state index in [4.69, 9.17) is 0 Å². The summed E-state index contributed by atoms with van der Waals surface area (Å²) in [4.78, 5) is 18.3. The summed E-state index contributed by atoms with van der Waals surface area (Å²) in [5.74, 6) is -0.0646. The number of piperidine rings is 1. The molecule has 3 heterocycles. The molecule has 0 radical (unpaired) electrons. The van der Waals surface area contributed by atoms with Crippen LogP contribution in [0.3, 0.4) is 0 Å². The number of aromatic nitrogens is 1. The minimum Gasteiger partial charge on any atom is -0.316 e. The molecule has 34 heavy (non-hydrogen) atoms. The number of sulfonamides is 1. The molecule has 1 fully saturated rings. The van der Waals surface area contributed by atoms with Crippen molar-refractivity contribution in [2.24, 2.45) is 10.9 Å². The van der Waals surface area contributed by atoms with Crippen LogP contribution in [0, 0.1) is 5.92 Å². The van der Waals surface area contributed by atoms with E-state index in [-0.39, 0.29) is 21.6 Å². The molecule has 13 heteroatoms. The maximum atomic E-state index is 13.2. The van der Waals surface area contributed by atoms with Crippen molar-refractivity contribution in [2.45, 2.75) is 28.5 Å². The predicted octanol–water partition coefficient (Wildman–Crippen LogP) is 3.06. The van der Waals surface area contributed by atoms with Gasteiger partial charge in [-0.25, -0.2) is 16.8 Å². The molecular formula is C21H25N3O5S5. The van der Waals surface area contributed by atoms with E-state index in [2.05, 4.69) is 4.99 Å². The third kappa shape index (κ3) is 5.34. The van der Waals surface area contributed by atoms with Crippen LogP contribution >= 0.6 is 34.4 Å². The van der Waals surface area contributed by atoms with Crippen LogP contribution in [0.5, 0.6) is 0 Å². The number of thiazole rings is 1. The molecule has 8 nitrogen and oxygen atoms in total. The van der Waals surface area contributed by atoms with Crippen LogP contribution in [0.25, 0.3) is 10.2 Å². The molecule has 1 aliphatic heterocycles. The number of rotatable bonds is 7. The van der Waals surface area contributed by atoms with E-state index >= 15 is 0 Å². The topological polar surface area (TPSA) is 106 Å². The van der Waals surface area contributed by atoms with Gasteiger partial charge < -0.3 is 4.57 Å². The van der Waals surface area contributed by atoms with Crippen molar-refractivity contribution in [2.75, 3.05) is 31.4 Å². The van der Waals surface area contributed by atoms with E-state index in [0.29, 0.717) is 30.7 Å². The highest BCUT2D eigenvalue weighted by Gasteiger charge is 2.33. The number of thioether (sulfide) groups is 1. The van der Waals surface area contributed by atoms with Crippen LogP contribution in [0.4, 0.5) is 0 Å². The SMILES string of the molecule is CSCCn1c(=NC(=O)C2CCCN(S(=O)(=O)c3cccs3)C2)sc2cc(S(C)(=O)=O)ccc21. The summed E-state index contributed by atoms with van der Waals surface area (Å²) in [6.45, 7) is 1.11. The Hall–Kier alpha value is -1.51. The summed E-state index contributed by atoms with van der Waals surface area (Å²) < 4.78 is 54.1. The molecule has 0 bridgehead atoms. The van der Waals surface area contributed by atoms with Crippen molar-refractivity contribution >= 4 is 70.4 Å². The highest BCUT2D eigenvalue weighted by Crippen LogP contribution is 2.27. The van der Waals surface area contributed by atoms with Crippen molar-refractivity contribution in [3.63, 3.8) is 0 Å². The third-order valence-corrected chi connectivity index (χ3v) is 11.6. The highest BCUT2D eigenvalue weighted by atomic mass is 32.2. The number of fused-ring (bicyclic) bond motifs is 1. The molecule has 0 saturated carbocycles. The zero-order valence-corrected chi connectivity index (χ0v) is 22.8. The number of sulfone groups is 1. The summed E-state index contributed by atoms with van der Waals surface area (Å²) in [7, 11) is -6.98. The number of thiophene rings is 1. The lowest BCUT2D eigenvalue weighted by molar-refractivity contribution is -0.122. The van der Waals surface area contributed by atoms with Gasteiger partial charge in [0.15, 0.2) is 14.6 Å². The Labute approximate surface area is 211 Å². The van der Waals surface area contributed by atoms with Gasteiger partial charge in [0.1, 0.15) is 4.21 Å². The smallest absolute Gasteiger partial charge is 0.252 e. The van der Waals surface area contributed by atoms with E-state index < -0.39 is 25.8 Å². The average molecular weight is 560 g/mol. The maximum Gasteiger partial charge on any atom is 0.252 e. The molecule has 1 amide bonds. The van der Waals surface area contributed by atoms with E-state index in [0.717, 1.165) is 22.2 Å². The fourth-order valence-corrected chi connectivity index (χ4v) is 8.71. The minimum absolute atomic E-state index is 0.108. The van der Waals surface area contributed by atoms with E-state index in [1.807, 2.05) is 10.8 Å². The number of amides is 1. The molecule has 1 saturated heterocycles. The van der Waals surface area contributed by atoms with Gasteiger partial charge in [0.2, 0.25) is 0 Å². The molecule has 0 aliphatic carbocycles. The van der Waals surface area contributed by atoms with Gasteiger partial charge >= 0.3 is 0 Å². The molecule has 1 aromatic carbocycles. The predicted molar refractivity (Wildman–Crippen MR) is 138 cm³/mol. The maximum absolute atomic E-state index is 13.2. The third-order valence-electron chi connectivity index (χ3n) is 5.63. The first-order valence-electron chi connectivity index (χ1n) is 10.6. The van der Waals surface area contributed by atoms with E-state index in [1.54, 1.807) is 47.5 Å². The Morgan fingerprint density at radius 1 is 1.24 bits per heavy atom. The van der Waals surface area contributed by atoms with Crippen LogP contribution in [0.1, 0.15) is 12.8 Å². The Bertz CT molecular complexity index is 1470. The van der Waals surface area contributed by atoms with Gasteiger partial charge in [0.05, 0.1) is 21.0 Å². The van der Waals surface area contributed by atoms with Crippen LogP contribution in [-0.4, -0.2) is 63.0 Å². The molecule has 1 aliphatic rings. The van der Waals surface area contributed by atoms with E-state index in [1.165, 1.54) is 27.0 Å². The normalized spacial score (nSPS) is 18.5. The molecular weight excluding hydrogens is 535 g/mol. The number of benzene rings is 1. The average Bonchev–Trinajstić information content (AvgIpc) is 3.45. The number of carbonyl (C=O) groups excluding carboxylic acids is 1. The van der Waals surface area contributed by atoms with Gasteiger partial charge in [-0.3, -0.25) is 4.79 Å². The number of hydrogen-bond donors (Lipinski definition) is 0. The Morgan fingerprint density at radius 3 is 2.71 bits per heavy atom. The number of carbonyl (C=O) groups is 1. The quantitative estimate of drug-likeness (QED) is 0.441. The molecule has 2 aromatic heterocycles. The summed E-state index contributed by atoms with van der Waals surface area (Å²) >= 11 is 4.10. The lowest BCUT2D eigenvalue weighted by atomic mass is 9.99. The van der Waals surface area contributed by atoms with Crippen molar-refractivity contribution in [1.82, 2.24) is 8.87 Å². The molecule has 184 valence electrons. The Balaban J connectivity index is 1.67. The largest absolute Gasteiger partial charge is 0.316 e. The van der Waals surface area contributed by atoms with Crippen molar-refractivity contribution in [1.29, 1.82) is 0 Å². The Kier molecular flexibility index (Phi) is 7.70. The zero-order valence-electron chi connectivity index (χ0n) is 18.7. The Morgan fingerprint density at radius 2 is 2.03 bits per heavy atom. The zero-order chi connectivity index (χ0) is 24.5. The lowest BCUT2D eigenvalue weighted by Gasteiger charge is -2.29. The van der Waals surface area contributed by atoms with Crippen molar-refractivity contribution in [3.05, 3.63) is 40.5 Å². The van der Waals surface area contributed by atoms with Crippen LogP contribution in [-0.2, 0) is 31.2 Å². The molecule has 4 rings (SSSR count). The molecule has 0 spiro atoms. The molecule has 1 atom stereocenters. The van der Waals surface area contributed by atoms with Gasteiger partial charge in [-0.15, -0.1) is 11.3 Å². The summed E-state index contributed by atoms with van der Waals surface area (Å²) in [5, 5.41) is 1.72. The number of nitrogens with zero attached hydrogens (tertiary/aromatic N) is 3. The van der Waals surface area contributed by atoms with Crippen LogP contribution in [0.2, 0.25) is 0 Å². The second-order valence-electron chi connectivity index (χ2n) is 8.02. The first kappa shape index (κ1) is 25.6. The van der Waals surface area contributed by atoms with Gasteiger partial charge in [0.25, 0.3) is 15.9 Å². The van der Waals surface area contributed by atoms with Gasteiger partial charge in [-0.1, -0.05) is 17.4 Å². The van der Waals surface area contributed by atoms with Gasteiger partial charge in [-0.05, 0) is 48.7 Å². The summed E-state index contributed by atoms with van der Waals surface area (Å²) in [6.07, 6.45) is 4.32. The standard InChI is InChI=1S/C21H25N3O5S5/c1-30-12-10-24-17-8-7-16(33(2,26)27)13-18(17)32-21(24)22-20(25)15-5-3-9-23(14-15)34(28,29)19-6-4-11-31-19/h4,6-8,11,13,15H,3,5,9-10,12,14H2,1-2H3. The molecule has 1 unspecified atom stereocenters. The second kappa shape index (κ2) is 10.2. The molecule has 3 aromatic rings. The fourth-order valence-electron chi connectivity index (χ4n) is 3.85. The fraction of sp³-hybridized carbons (Fsp3) is 0.429. The van der Waals surface area contributed by atoms with Crippen molar-refractivity contribution < 1.29 is 21.6 Å². The van der Waals surface area contributed by atoms with E-state index in [9.17, 15) is 21.6 Å². The number of aryl methyl sites for hydroxylation is 1. The van der Waals surface area contributed by atoms with Gasteiger partial charge in [0, 0.05) is 31.6 Å². The first-order chi connectivity index (χ1) is 16.1. The minimum atomic E-state index is -3.62. The second-order valence-corrected chi connectivity index (χ2v) is 15.1.